The van der Waals surface area contributed by atoms with Crippen LogP contribution in [0.1, 0.15) is 5.69 Å². The summed E-state index contributed by atoms with van der Waals surface area (Å²) in [5.41, 5.74) is 0.262. The highest BCUT2D eigenvalue weighted by Crippen LogP contribution is 2.06. The number of rotatable bonds is 1. The van der Waals surface area contributed by atoms with Crippen LogP contribution in [0.15, 0.2) is 9.62 Å². The van der Waals surface area contributed by atoms with E-state index in [0.717, 1.165) is 0 Å². The second kappa shape index (κ2) is 2.28. The van der Waals surface area contributed by atoms with Crippen molar-refractivity contribution in [1.82, 2.24) is 5.16 Å². The lowest BCUT2D eigenvalue weighted by atomic mass is 10.5. The number of aliphatic imine (C=N–C) groups is 1. The first-order valence-corrected chi connectivity index (χ1v) is 2.40. The van der Waals surface area contributed by atoms with Crippen LogP contribution in [0, 0.1) is 12.1 Å². The molecule has 0 aromatic carbocycles. The van der Waals surface area contributed by atoms with Gasteiger partial charge in [0.05, 0.1) is 0 Å². The average molecular weight is 141 g/mol. The number of carbonyl (C=O) groups excluding carboxylic acids is 1. The fourth-order valence-electron chi connectivity index (χ4n) is 0.475. The minimum Gasteiger partial charge on any atom is -0.391 e. The van der Waals surface area contributed by atoms with Crippen LogP contribution in [-0.2, 0) is 4.79 Å². The Morgan fingerprint density at radius 2 is 2.60 bits per heavy atom. The molecule has 0 radical (unpaired) electrons. The molecule has 0 amide bonds. The average Bonchev–Trinajstić information content (AvgIpc) is 2.20. The van der Waals surface area contributed by atoms with Gasteiger partial charge in [0.2, 0.25) is 5.69 Å². The largest absolute Gasteiger partial charge is 0.391 e. The van der Waals surface area contributed by atoms with Crippen molar-refractivity contribution in [2.24, 2.45) is 4.99 Å². The molecule has 0 aliphatic carbocycles. The molecule has 1 aromatic rings. The molecule has 0 aliphatic rings. The number of hydrogen-bond acceptors (Lipinski definition) is 5. The standard InChI is InChI=1S/C4H3N3O3/c1-3-4(5-2-8)7(9)10-6-3/h1H3. The number of aryl methyl sites for hydroxylation is 1. The van der Waals surface area contributed by atoms with Gasteiger partial charge in [-0.05, 0) is 10.1 Å². The highest BCUT2D eigenvalue weighted by atomic mass is 16.8. The van der Waals surface area contributed by atoms with Crippen LogP contribution in [0.2, 0.25) is 0 Å². The molecule has 10 heavy (non-hydrogen) atoms. The molecular weight excluding hydrogens is 138 g/mol. The summed E-state index contributed by atoms with van der Waals surface area (Å²) in [6.07, 6.45) is 1.21. The maximum atomic E-state index is 10.4. The van der Waals surface area contributed by atoms with Crippen LogP contribution >= 0.6 is 0 Å². The molecule has 0 spiro atoms. The van der Waals surface area contributed by atoms with Crippen LogP contribution in [0.3, 0.4) is 0 Å². The zero-order chi connectivity index (χ0) is 7.56. The molecule has 0 unspecified atom stereocenters. The molecule has 0 bridgehead atoms. The van der Waals surface area contributed by atoms with Gasteiger partial charge in [0, 0.05) is 6.92 Å². The van der Waals surface area contributed by atoms with Crippen molar-refractivity contribution in [3.05, 3.63) is 10.9 Å². The van der Waals surface area contributed by atoms with E-state index in [1.54, 1.807) is 0 Å². The molecule has 52 valence electrons. The molecule has 0 atom stereocenters. The first-order valence-electron chi connectivity index (χ1n) is 2.40. The third-order valence-corrected chi connectivity index (χ3v) is 0.900. The Hall–Kier alpha value is -1.68. The van der Waals surface area contributed by atoms with Crippen molar-refractivity contribution in [2.75, 3.05) is 0 Å². The van der Waals surface area contributed by atoms with E-state index in [0.29, 0.717) is 0 Å². The summed E-state index contributed by atoms with van der Waals surface area (Å²) >= 11 is 0. The zero-order valence-electron chi connectivity index (χ0n) is 5.07. The van der Waals surface area contributed by atoms with Crippen molar-refractivity contribution in [3.8, 4) is 0 Å². The van der Waals surface area contributed by atoms with E-state index in [4.69, 9.17) is 0 Å². The Kier molecular flexibility index (Phi) is 1.47. The first-order chi connectivity index (χ1) is 4.75. The lowest BCUT2D eigenvalue weighted by Gasteiger charge is -1.82. The molecule has 1 heterocycles. The van der Waals surface area contributed by atoms with Crippen LogP contribution < -0.4 is 4.90 Å². The Labute approximate surface area is 55.3 Å². The van der Waals surface area contributed by atoms with Gasteiger partial charge in [0.15, 0.2) is 0 Å². The van der Waals surface area contributed by atoms with E-state index in [-0.39, 0.29) is 16.4 Å². The lowest BCUT2D eigenvalue weighted by molar-refractivity contribution is -0.791. The van der Waals surface area contributed by atoms with Gasteiger partial charge in [-0.15, -0.1) is 0 Å². The van der Waals surface area contributed by atoms with E-state index in [2.05, 4.69) is 14.8 Å². The van der Waals surface area contributed by atoms with E-state index in [1.165, 1.54) is 13.0 Å². The fourth-order valence-corrected chi connectivity index (χ4v) is 0.475. The van der Waals surface area contributed by atoms with Crippen molar-refractivity contribution >= 4 is 11.9 Å². The van der Waals surface area contributed by atoms with E-state index in [1.807, 2.05) is 0 Å². The Morgan fingerprint density at radius 3 is 3.00 bits per heavy atom. The van der Waals surface area contributed by atoms with Gasteiger partial charge in [-0.3, -0.25) is 0 Å². The number of hydrogen-bond donors (Lipinski definition) is 0. The lowest BCUT2D eigenvalue weighted by Crippen LogP contribution is -2.22. The van der Waals surface area contributed by atoms with E-state index < -0.39 is 0 Å². The maximum absolute atomic E-state index is 10.4. The summed E-state index contributed by atoms with van der Waals surface area (Å²) < 4.78 is 4.09. The molecule has 0 saturated carbocycles. The minimum atomic E-state index is -0.157. The Bertz CT molecular complexity index is 266. The van der Waals surface area contributed by atoms with Crippen LogP contribution in [0.5, 0.6) is 0 Å². The predicted molar refractivity (Wildman–Crippen MR) is 28.0 cm³/mol. The number of isocyanates is 1. The second-order valence-electron chi connectivity index (χ2n) is 1.54. The molecule has 0 aliphatic heterocycles. The van der Waals surface area contributed by atoms with Gasteiger partial charge < -0.3 is 9.84 Å². The topological polar surface area (TPSA) is 82.4 Å². The fraction of sp³-hybridized carbons (Fsp3) is 0.250. The highest BCUT2D eigenvalue weighted by Gasteiger charge is 2.11. The van der Waals surface area contributed by atoms with Gasteiger partial charge in [0.1, 0.15) is 0 Å². The summed E-state index contributed by atoms with van der Waals surface area (Å²) in [5, 5.41) is 13.7. The van der Waals surface area contributed by atoms with Gasteiger partial charge in [0.25, 0.3) is 0 Å². The van der Waals surface area contributed by atoms with Gasteiger partial charge in [-0.1, -0.05) is 4.90 Å². The zero-order valence-corrected chi connectivity index (χ0v) is 5.07. The Morgan fingerprint density at radius 1 is 1.90 bits per heavy atom. The molecule has 0 N–H and O–H groups in total. The highest BCUT2D eigenvalue weighted by molar-refractivity contribution is 5.43. The molecule has 0 fully saturated rings. The molecule has 1 rings (SSSR count). The van der Waals surface area contributed by atoms with Crippen molar-refractivity contribution in [3.63, 3.8) is 0 Å². The molecule has 6 nitrogen and oxygen atoms in total. The first kappa shape index (κ1) is 6.44. The molecule has 0 saturated heterocycles. The van der Waals surface area contributed by atoms with Gasteiger partial charge >= 0.3 is 11.9 Å². The summed E-state index contributed by atoms with van der Waals surface area (Å²) in [4.78, 5) is 12.8. The smallest absolute Gasteiger partial charge is 0.350 e. The van der Waals surface area contributed by atoms with Crippen LogP contribution in [-0.4, -0.2) is 11.2 Å². The van der Waals surface area contributed by atoms with Crippen molar-refractivity contribution < 1.29 is 14.3 Å². The molecule has 1 aromatic heterocycles. The third kappa shape index (κ3) is 0.872. The Balaban J connectivity index is 3.22. The second-order valence-corrected chi connectivity index (χ2v) is 1.54. The van der Waals surface area contributed by atoms with Gasteiger partial charge in [-0.2, -0.15) is 4.79 Å². The molecule has 6 heteroatoms. The van der Waals surface area contributed by atoms with E-state index >= 15 is 0 Å². The molecular formula is C4H3N3O3. The third-order valence-electron chi connectivity index (χ3n) is 0.900. The summed E-state index contributed by atoms with van der Waals surface area (Å²) in [5.74, 6) is -0.157. The number of aromatic nitrogens is 2. The normalized spacial score (nSPS) is 8.90. The quantitative estimate of drug-likeness (QED) is 0.302. The van der Waals surface area contributed by atoms with E-state index in [9.17, 15) is 10.0 Å². The SMILES string of the molecule is Cc1no[n+]([O-])c1N=C=O. The van der Waals surface area contributed by atoms with Crippen molar-refractivity contribution in [1.29, 1.82) is 0 Å². The number of nitrogens with zero attached hydrogens (tertiary/aromatic N) is 3. The summed E-state index contributed by atoms with van der Waals surface area (Å²) in [7, 11) is 0. The summed E-state index contributed by atoms with van der Waals surface area (Å²) in [6, 6.07) is 0. The predicted octanol–water partition coefficient (Wildman–Crippen LogP) is -0.416. The monoisotopic (exact) mass is 141 g/mol. The van der Waals surface area contributed by atoms with Crippen LogP contribution in [0.25, 0.3) is 0 Å². The van der Waals surface area contributed by atoms with Gasteiger partial charge in [-0.25, -0.2) is 0 Å². The van der Waals surface area contributed by atoms with Crippen LogP contribution in [0.4, 0.5) is 5.82 Å². The maximum Gasteiger partial charge on any atom is 0.350 e. The van der Waals surface area contributed by atoms with Crippen molar-refractivity contribution in [2.45, 2.75) is 6.92 Å². The minimum absolute atomic E-state index is 0.0419. The summed E-state index contributed by atoms with van der Waals surface area (Å²) in [6.45, 7) is 1.49.